The van der Waals surface area contributed by atoms with E-state index in [1.807, 2.05) is 24.5 Å². The minimum atomic E-state index is -0.449. The van der Waals surface area contributed by atoms with Crippen molar-refractivity contribution in [3.05, 3.63) is 35.4 Å². The highest BCUT2D eigenvalue weighted by Gasteiger charge is 2.12. The summed E-state index contributed by atoms with van der Waals surface area (Å²) in [5, 5.41) is 5.42. The fraction of sp³-hybridized carbons (Fsp3) is 0.467. The third-order valence-corrected chi connectivity index (χ3v) is 3.74. The van der Waals surface area contributed by atoms with Gasteiger partial charge in [0, 0.05) is 19.2 Å². The van der Waals surface area contributed by atoms with Crippen LogP contribution >= 0.6 is 24.2 Å². The lowest BCUT2D eigenvalue weighted by Gasteiger charge is -2.11. The second-order valence-electron chi connectivity index (χ2n) is 4.71. The normalized spacial score (nSPS) is 11.2. The molecule has 22 heavy (non-hydrogen) atoms. The van der Waals surface area contributed by atoms with Gasteiger partial charge < -0.3 is 16.4 Å². The van der Waals surface area contributed by atoms with Crippen LogP contribution in [0.1, 0.15) is 22.3 Å². The van der Waals surface area contributed by atoms with Crippen molar-refractivity contribution in [1.29, 1.82) is 0 Å². The number of hydrogen-bond acceptors (Lipinski definition) is 4. The second kappa shape index (κ2) is 11.3. The molecule has 7 heteroatoms. The molecule has 4 N–H and O–H groups in total. The van der Waals surface area contributed by atoms with E-state index < -0.39 is 6.04 Å². The van der Waals surface area contributed by atoms with Crippen LogP contribution in [0.25, 0.3) is 0 Å². The van der Waals surface area contributed by atoms with Crippen molar-refractivity contribution in [2.24, 2.45) is 5.73 Å². The third-order valence-electron chi connectivity index (χ3n) is 3.10. The highest BCUT2D eigenvalue weighted by Crippen LogP contribution is 2.06. The molecule has 1 aromatic rings. The minimum Gasteiger partial charge on any atom is -0.355 e. The Balaban J connectivity index is 0.00000441. The van der Waals surface area contributed by atoms with Gasteiger partial charge in [-0.15, -0.1) is 12.4 Å². The summed E-state index contributed by atoms with van der Waals surface area (Å²) in [5.74, 6) is 0.648. The molecule has 0 bridgehead atoms. The summed E-state index contributed by atoms with van der Waals surface area (Å²) in [6.07, 6.45) is 3.34. The summed E-state index contributed by atoms with van der Waals surface area (Å²) >= 11 is 1.68. The molecule has 0 heterocycles. The lowest BCUT2D eigenvalue weighted by Crippen LogP contribution is -2.41. The summed E-state index contributed by atoms with van der Waals surface area (Å²) in [6, 6.07) is 6.92. The maximum Gasteiger partial charge on any atom is 0.251 e. The lowest BCUT2D eigenvalue weighted by atomic mass is 10.1. The summed E-state index contributed by atoms with van der Waals surface area (Å²) in [7, 11) is 1.60. The second-order valence-corrected chi connectivity index (χ2v) is 5.69. The van der Waals surface area contributed by atoms with Crippen molar-refractivity contribution in [3.63, 3.8) is 0 Å². The molecule has 0 aromatic heterocycles. The Labute approximate surface area is 142 Å². The quantitative estimate of drug-likeness (QED) is 0.661. The molecule has 0 unspecified atom stereocenters. The molecule has 0 radical (unpaired) electrons. The molecule has 0 saturated carbocycles. The summed E-state index contributed by atoms with van der Waals surface area (Å²) in [6.45, 7) is 0.517. The standard InChI is InChI=1S/C15H23N3O2S.ClH/c1-17-14(19)12-5-3-4-11(10-12)6-8-18-15(20)13(16)7-9-21-2;/h3-5,10,13H,6-9,16H2,1-2H3,(H,17,19)(H,18,20);1H/t13-;/m0./s1. The number of carbonyl (C=O) groups excluding carboxylic acids is 2. The van der Waals surface area contributed by atoms with Gasteiger partial charge in [0.05, 0.1) is 6.04 Å². The maximum atomic E-state index is 11.8. The molecule has 1 atom stereocenters. The highest BCUT2D eigenvalue weighted by molar-refractivity contribution is 7.98. The fourth-order valence-electron chi connectivity index (χ4n) is 1.85. The van der Waals surface area contributed by atoms with E-state index in [1.54, 1.807) is 24.9 Å². The van der Waals surface area contributed by atoms with Gasteiger partial charge in [-0.3, -0.25) is 9.59 Å². The highest BCUT2D eigenvalue weighted by atomic mass is 35.5. The molecular formula is C15H24ClN3O2S. The van der Waals surface area contributed by atoms with E-state index in [4.69, 9.17) is 5.73 Å². The number of carbonyl (C=O) groups is 2. The monoisotopic (exact) mass is 345 g/mol. The van der Waals surface area contributed by atoms with Gasteiger partial charge in [-0.2, -0.15) is 11.8 Å². The number of benzene rings is 1. The van der Waals surface area contributed by atoms with Crippen LogP contribution in [-0.4, -0.2) is 43.5 Å². The van der Waals surface area contributed by atoms with E-state index >= 15 is 0 Å². The summed E-state index contributed by atoms with van der Waals surface area (Å²) in [5.41, 5.74) is 7.42. The van der Waals surface area contributed by atoms with Gasteiger partial charge in [-0.25, -0.2) is 0 Å². The van der Waals surface area contributed by atoms with E-state index in [0.717, 1.165) is 11.3 Å². The van der Waals surface area contributed by atoms with Crippen molar-refractivity contribution < 1.29 is 9.59 Å². The molecule has 0 saturated heterocycles. The average Bonchev–Trinajstić information content (AvgIpc) is 2.51. The van der Waals surface area contributed by atoms with Gasteiger partial charge in [0.15, 0.2) is 0 Å². The molecule has 1 rings (SSSR count). The zero-order valence-corrected chi connectivity index (χ0v) is 14.6. The van der Waals surface area contributed by atoms with E-state index in [9.17, 15) is 9.59 Å². The van der Waals surface area contributed by atoms with Crippen LogP contribution in [-0.2, 0) is 11.2 Å². The predicted molar refractivity (Wildman–Crippen MR) is 94.8 cm³/mol. The van der Waals surface area contributed by atoms with Gasteiger partial charge >= 0.3 is 0 Å². The van der Waals surface area contributed by atoms with Crippen LogP contribution in [0.3, 0.4) is 0 Å². The van der Waals surface area contributed by atoms with Crippen LogP contribution in [0, 0.1) is 0 Å². The minimum absolute atomic E-state index is 0. The van der Waals surface area contributed by atoms with Gasteiger partial charge in [-0.1, -0.05) is 12.1 Å². The molecule has 0 aliphatic heterocycles. The Kier molecular flexibility index (Phi) is 10.7. The summed E-state index contributed by atoms with van der Waals surface area (Å²) in [4.78, 5) is 23.3. The zero-order valence-electron chi connectivity index (χ0n) is 12.9. The first kappa shape index (κ1) is 20.8. The van der Waals surface area contributed by atoms with Crippen molar-refractivity contribution in [2.45, 2.75) is 18.9 Å². The predicted octanol–water partition coefficient (Wildman–Crippen LogP) is 1.21. The first-order chi connectivity index (χ1) is 10.1. The lowest BCUT2D eigenvalue weighted by molar-refractivity contribution is -0.122. The van der Waals surface area contributed by atoms with Crippen LogP contribution in [0.4, 0.5) is 0 Å². The Morgan fingerprint density at radius 2 is 2.09 bits per heavy atom. The molecule has 5 nitrogen and oxygen atoms in total. The van der Waals surface area contributed by atoms with Crippen LogP contribution in [0.5, 0.6) is 0 Å². The SMILES string of the molecule is CNC(=O)c1cccc(CCNC(=O)[C@@H](N)CCSC)c1.Cl. The number of rotatable bonds is 8. The molecule has 0 fully saturated rings. The number of nitrogens with one attached hydrogen (secondary N) is 2. The molecule has 0 spiro atoms. The van der Waals surface area contributed by atoms with Gasteiger partial charge in [0.25, 0.3) is 5.91 Å². The number of halogens is 1. The molecule has 1 aromatic carbocycles. The molecule has 124 valence electrons. The first-order valence-electron chi connectivity index (χ1n) is 6.91. The average molecular weight is 346 g/mol. The van der Waals surface area contributed by atoms with Crippen molar-refractivity contribution in [1.82, 2.24) is 10.6 Å². The largest absolute Gasteiger partial charge is 0.355 e. The molecular weight excluding hydrogens is 322 g/mol. The van der Waals surface area contributed by atoms with E-state index in [-0.39, 0.29) is 24.2 Å². The van der Waals surface area contributed by atoms with Crippen LogP contribution in [0.2, 0.25) is 0 Å². The van der Waals surface area contributed by atoms with E-state index in [2.05, 4.69) is 10.6 Å². The Morgan fingerprint density at radius 1 is 1.36 bits per heavy atom. The number of amides is 2. The van der Waals surface area contributed by atoms with Gasteiger partial charge in [0.2, 0.25) is 5.91 Å². The van der Waals surface area contributed by atoms with Gasteiger partial charge in [-0.05, 0) is 42.5 Å². The first-order valence-corrected chi connectivity index (χ1v) is 8.31. The zero-order chi connectivity index (χ0) is 15.7. The fourth-order valence-corrected chi connectivity index (χ4v) is 2.34. The van der Waals surface area contributed by atoms with E-state index in [0.29, 0.717) is 24.9 Å². The van der Waals surface area contributed by atoms with Crippen molar-refractivity contribution in [2.75, 3.05) is 25.6 Å². The Morgan fingerprint density at radius 3 is 2.73 bits per heavy atom. The third kappa shape index (κ3) is 7.15. The molecule has 2 amide bonds. The Bertz CT molecular complexity index is 486. The number of nitrogens with two attached hydrogens (primary N) is 1. The topological polar surface area (TPSA) is 84.2 Å². The Hall–Kier alpha value is -1.24. The van der Waals surface area contributed by atoms with Gasteiger partial charge in [0.1, 0.15) is 0 Å². The van der Waals surface area contributed by atoms with Crippen molar-refractivity contribution in [3.8, 4) is 0 Å². The van der Waals surface area contributed by atoms with Crippen molar-refractivity contribution >= 4 is 36.0 Å². The molecule has 0 aliphatic carbocycles. The molecule has 0 aliphatic rings. The maximum absolute atomic E-state index is 11.8. The number of thioether (sulfide) groups is 1. The van der Waals surface area contributed by atoms with Crippen LogP contribution < -0.4 is 16.4 Å². The summed E-state index contributed by atoms with van der Waals surface area (Å²) < 4.78 is 0. The van der Waals surface area contributed by atoms with Crippen LogP contribution in [0.15, 0.2) is 24.3 Å². The number of hydrogen-bond donors (Lipinski definition) is 3. The smallest absolute Gasteiger partial charge is 0.251 e. The van der Waals surface area contributed by atoms with E-state index in [1.165, 1.54) is 0 Å².